The molecule has 0 fully saturated rings. The quantitative estimate of drug-likeness (QED) is 0.184. The molecule has 0 saturated heterocycles. The van der Waals surface area contributed by atoms with E-state index in [0.717, 1.165) is 44.6 Å². The molecular formula is C31H26N4O4. The van der Waals surface area contributed by atoms with Gasteiger partial charge >= 0.3 is 6.16 Å². The maximum Gasteiger partial charge on any atom is 0.511 e. The zero-order chi connectivity index (χ0) is 26.9. The summed E-state index contributed by atoms with van der Waals surface area (Å²) < 4.78 is 15.0. The molecule has 0 aliphatic carbocycles. The van der Waals surface area contributed by atoms with Crippen LogP contribution in [0.25, 0.3) is 39.1 Å². The molecule has 0 spiro atoms. The van der Waals surface area contributed by atoms with Crippen LogP contribution in [-0.4, -0.2) is 36.8 Å². The van der Waals surface area contributed by atoms with E-state index >= 15 is 0 Å². The number of benzene rings is 3. The first-order chi connectivity index (χ1) is 19.0. The number of aryl methyl sites for hydroxylation is 1. The second kappa shape index (κ2) is 9.98. The Hall–Kier alpha value is -5.11. The van der Waals surface area contributed by atoms with E-state index in [2.05, 4.69) is 23.6 Å². The van der Waals surface area contributed by atoms with E-state index in [0.29, 0.717) is 30.5 Å². The molecule has 39 heavy (non-hydrogen) atoms. The van der Waals surface area contributed by atoms with Crippen LogP contribution < -0.4 is 9.47 Å². The molecule has 0 amide bonds. The highest BCUT2D eigenvalue weighted by molar-refractivity contribution is 5.86. The first-order valence-corrected chi connectivity index (χ1v) is 12.7. The summed E-state index contributed by atoms with van der Waals surface area (Å²) in [6, 6.07) is 25.8. The maximum atomic E-state index is 11.1. The van der Waals surface area contributed by atoms with Gasteiger partial charge < -0.3 is 19.0 Å². The van der Waals surface area contributed by atoms with Crippen LogP contribution in [0.2, 0.25) is 0 Å². The van der Waals surface area contributed by atoms with E-state index in [1.165, 1.54) is 0 Å². The highest BCUT2D eigenvalue weighted by Crippen LogP contribution is 2.33. The summed E-state index contributed by atoms with van der Waals surface area (Å²) in [5.41, 5.74) is 8.32. The van der Waals surface area contributed by atoms with E-state index in [9.17, 15) is 4.79 Å². The van der Waals surface area contributed by atoms with Crippen molar-refractivity contribution in [2.45, 2.75) is 20.4 Å². The van der Waals surface area contributed by atoms with Crippen molar-refractivity contribution in [2.24, 2.45) is 0 Å². The third-order valence-corrected chi connectivity index (χ3v) is 6.63. The first kappa shape index (κ1) is 24.2. The van der Waals surface area contributed by atoms with E-state index < -0.39 is 6.16 Å². The molecule has 3 aromatic heterocycles. The van der Waals surface area contributed by atoms with E-state index in [4.69, 9.17) is 24.5 Å². The molecular weight excluding hydrogens is 492 g/mol. The minimum absolute atomic E-state index is 0.298. The smallest absolute Gasteiger partial charge is 0.465 e. The lowest BCUT2D eigenvalue weighted by molar-refractivity contribution is 0.144. The van der Waals surface area contributed by atoms with Crippen molar-refractivity contribution in [3.63, 3.8) is 0 Å². The van der Waals surface area contributed by atoms with Crippen molar-refractivity contribution in [1.29, 1.82) is 0 Å². The van der Waals surface area contributed by atoms with Gasteiger partial charge in [-0.1, -0.05) is 48.5 Å². The lowest BCUT2D eigenvalue weighted by atomic mass is 10.0. The number of hydrogen-bond donors (Lipinski definition) is 1. The standard InChI is InChI=1S/C31H26N4O4/c1-3-38-30-33-29-20(2)16-23(25-19-34-15-7-6-10-28(34)32-25)17-26(29)35(30)18-21-11-13-22(14-12-21)24-8-4-5-9-27(24)39-31(36)37/h4-17,19H,3,18H2,1-2H3,(H,36,37). The monoisotopic (exact) mass is 518 g/mol. The Morgan fingerprint density at radius 2 is 1.74 bits per heavy atom. The number of imidazole rings is 2. The average molecular weight is 519 g/mol. The molecule has 3 heterocycles. The van der Waals surface area contributed by atoms with Gasteiger partial charge in [0.05, 0.1) is 29.9 Å². The number of para-hydroxylation sites is 1. The Morgan fingerprint density at radius 3 is 2.51 bits per heavy atom. The van der Waals surface area contributed by atoms with Crippen LogP contribution in [0.3, 0.4) is 0 Å². The number of rotatable bonds is 7. The third-order valence-electron chi connectivity index (χ3n) is 6.63. The summed E-state index contributed by atoms with van der Waals surface area (Å²) in [5, 5.41) is 9.08. The fourth-order valence-corrected chi connectivity index (χ4v) is 4.85. The van der Waals surface area contributed by atoms with Gasteiger partial charge in [0.25, 0.3) is 6.01 Å². The van der Waals surface area contributed by atoms with Crippen LogP contribution in [0.15, 0.2) is 91.3 Å². The van der Waals surface area contributed by atoms with Crippen molar-refractivity contribution in [3.8, 4) is 34.1 Å². The molecule has 0 unspecified atom stereocenters. The van der Waals surface area contributed by atoms with Crippen LogP contribution in [0.1, 0.15) is 18.1 Å². The average Bonchev–Trinajstić information content (AvgIpc) is 3.52. The van der Waals surface area contributed by atoms with E-state index in [1.807, 2.05) is 78.3 Å². The number of carboxylic acid groups (broad SMARTS) is 1. The Bertz CT molecular complexity index is 1790. The summed E-state index contributed by atoms with van der Waals surface area (Å²) in [4.78, 5) is 20.7. The van der Waals surface area contributed by atoms with Crippen LogP contribution in [-0.2, 0) is 6.54 Å². The summed E-state index contributed by atoms with van der Waals surface area (Å²) in [6.45, 7) is 5.05. The van der Waals surface area contributed by atoms with Crippen LogP contribution in [0, 0.1) is 6.92 Å². The van der Waals surface area contributed by atoms with Crippen molar-refractivity contribution in [3.05, 3.63) is 102 Å². The molecule has 0 atom stereocenters. The Labute approximate surface area is 224 Å². The van der Waals surface area contributed by atoms with Gasteiger partial charge in [-0.25, -0.2) is 9.78 Å². The fourth-order valence-electron chi connectivity index (χ4n) is 4.85. The summed E-state index contributed by atoms with van der Waals surface area (Å²) in [7, 11) is 0. The Kier molecular flexibility index (Phi) is 6.20. The van der Waals surface area contributed by atoms with Gasteiger partial charge in [0.2, 0.25) is 0 Å². The largest absolute Gasteiger partial charge is 0.511 e. The van der Waals surface area contributed by atoms with Crippen molar-refractivity contribution in [2.75, 3.05) is 6.61 Å². The third kappa shape index (κ3) is 4.68. The fraction of sp³-hybridized carbons (Fsp3) is 0.129. The molecule has 0 radical (unpaired) electrons. The Morgan fingerprint density at radius 1 is 0.949 bits per heavy atom. The summed E-state index contributed by atoms with van der Waals surface area (Å²) >= 11 is 0. The van der Waals surface area contributed by atoms with E-state index in [1.54, 1.807) is 12.1 Å². The molecule has 6 rings (SSSR count). The van der Waals surface area contributed by atoms with Gasteiger partial charge in [0.15, 0.2) is 0 Å². The highest BCUT2D eigenvalue weighted by atomic mass is 16.7. The molecule has 1 N–H and O–H groups in total. The molecule has 0 aliphatic rings. The second-order valence-electron chi connectivity index (χ2n) is 9.23. The molecule has 0 bridgehead atoms. The number of hydrogen-bond acceptors (Lipinski definition) is 5. The van der Waals surface area contributed by atoms with Gasteiger partial charge in [0, 0.05) is 23.5 Å². The summed E-state index contributed by atoms with van der Waals surface area (Å²) in [6.07, 6.45) is 2.68. The van der Waals surface area contributed by atoms with Crippen LogP contribution in [0.5, 0.6) is 11.8 Å². The molecule has 0 saturated carbocycles. The van der Waals surface area contributed by atoms with Crippen molar-refractivity contribution >= 4 is 22.8 Å². The van der Waals surface area contributed by atoms with Gasteiger partial charge in [0.1, 0.15) is 11.4 Å². The number of nitrogens with zero attached hydrogens (tertiary/aromatic N) is 4. The first-order valence-electron chi connectivity index (χ1n) is 12.7. The predicted molar refractivity (Wildman–Crippen MR) is 149 cm³/mol. The van der Waals surface area contributed by atoms with Gasteiger partial charge in [-0.2, -0.15) is 4.98 Å². The number of ether oxygens (including phenoxy) is 2. The number of fused-ring (bicyclic) bond motifs is 2. The zero-order valence-electron chi connectivity index (χ0n) is 21.5. The molecule has 8 nitrogen and oxygen atoms in total. The van der Waals surface area contributed by atoms with Gasteiger partial charge in [-0.15, -0.1) is 0 Å². The highest BCUT2D eigenvalue weighted by Gasteiger charge is 2.17. The molecule has 8 heteroatoms. The zero-order valence-corrected chi connectivity index (χ0v) is 21.5. The number of pyridine rings is 1. The molecule has 6 aromatic rings. The van der Waals surface area contributed by atoms with Crippen LogP contribution >= 0.6 is 0 Å². The van der Waals surface area contributed by atoms with Crippen LogP contribution in [0.4, 0.5) is 4.79 Å². The SMILES string of the molecule is CCOc1nc2c(C)cc(-c3cn4ccccc4n3)cc2n1Cc1ccc(-c2ccccc2OC(=O)O)cc1. The van der Waals surface area contributed by atoms with Crippen molar-refractivity contribution < 1.29 is 19.4 Å². The number of carbonyl (C=O) groups is 1. The topological polar surface area (TPSA) is 90.9 Å². The van der Waals surface area contributed by atoms with Gasteiger partial charge in [-0.05, 0) is 60.9 Å². The lowest BCUT2D eigenvalue weighted by Gasteiger charge is -2.12. The molecule has 194 valence electrons. The molecule has 0 aliphatic heterocycles. The van der Waals surface area contributed by atoms with Gasteiger partial charge in [-0.3, -0.25) is 4.57 Å². The summed E-state index contributed by atoms with van der Waals surface area (Å²) in [5.74, 6) is 0.298. The normalized spacial score (nSPS) is 11.2. The van der Waals surface area contributed by atoms with Crippen molar-refractivity contribution in [1.82, 2.24) is 18.9 Å². The second-order valence-corrected chi connectivity index (χ2v) is 9.23. The molecule has 3 aromatic carbocycles. The maximum absolute atomic E-state index is 11.1. The number of aromatic nitrogens is 4. The predicted octanol–water partition coefficient (Wildman–Crippen LogP) is 6.83. The van der Waals surface area contributed by atoms with E-state index in [-0.39, 0.29) is 0 Å². The Balaban J connectivity index is 1.38. The minimum Gasteiger partial charge on any atom is -0.465 e. The lowest BCUT2D eigenvalue weighted by Crippen LogP contribution is -2.05. The minimum atomic E-state index is -1.34.